The number of hydrogen-bond donors (Lipinski definition) is 0. The van der Waals surface area contributed by atoms with Crippen LogP contribution in [-0.4, -0.2) is 32.2 Å². The van der Waals surface area contributed by atoms with Gasteiger partial charge in [0, 0.05) is 15.5 Å². The first-order valence-electron chi connectivity index (χ1n) is 11.1. The Kier molecular flexibility index (Phi) is 7.13. The van der Waals surface area contributed by atoms with Gasteiger partial charge in [-0.3, -0.25) is 4.79 Å². The van der Waals surface area contributed by atoms with E-state index in [1.54, 1.807) is 60.3 Å². The second-order valence-corrected chi connectivity index (χ2v) is 10.1. The number of rotatable bonds is 6. The molecule has 3 aromatic carbocycles. The smallest absolute Gasteiger partial charge is 0.446 e. The van der Waals surface area contributed by atoms with Gasteiger partial charge in [-0.2, -0.15) is 23.4 Å². The molecule has 2 heterocycles. The third-order valence-electron chi connectivity index (χ3n) is 5.62. The fourth-order valence-electron chi connectivity index (χ4n) is 3.88. The Morgan fingerprint density at radius 1 is 0.947 bits per heavy atom. The van der Waals surface area contributed by atoms with E-state index in [0.717, 1.165) is 0 Å². The molecule has 3 aromatic rings. The molecule has 0 atom stereocenters. The topological polar surface area (TPSA) is 61.9 Å². The van der Waals surface area contributed by atoms with Gasteiger partial charge in [-0.05, 0) is 78.0 Å². The molecule has 194 valence electrons. The first kappa shape index (κ1) is 26.1. The third-order valence-corrected chi connectivity index (χ3v) is 6.91. The maximum atomic E-state index is 13.2. The lowest BCUT2D eigenvalue weighted by Crippen LogP contribution is -2.19. The number of benzene rings is 3. The Morgan fingerprint density at radius 2 is 1.66 bits per heavy atom. The lowest BCUT2D eigenvalue weighted by molar-refractivity contribution is -0.0328. The van der Waals surface area contributed by atoms with Crippen LogP contribution in [0.15, 0.2) is 82.5 Å². The van der Waals surface area contributed by atoms with Crippen molar-refractivity contribution in [1.29, 1.82) is 0 Å². The maximum absolute atomic E-state index is 13.2. The van der Waals surface area contributed by atoms with E-state index in [4.69, 9.17) is 27.9 Å². The second kappa shape index (κ2) is 10.4. The van der Waals surface area contributed by atoms with Gasteiger partial charge in [0.1, 0.15) is 11.4 Å². The van der Waals surface area contributed by atoms with E-state index in [9.17, 15) is 18.0 Å². The van der Waals surface area contributed by atoms with Crippen LogP contribution >= 0.6 is 35.0 Å². The molecule has 0 saturated carbocycles. The molecule has 0 spiro atoms. The minimum Gasteiger partial charge on any atom is -0.497 e. The van der Waals surface area contributed by atoms with Gasteiger partial charge in [0.05, 0.1) is 30.1 Å². The largest absolute Gasteiger partial charge is 0.497 e. The standard InChI is InChI=1S/C26H17Cl2F3N4O2S/c1-37-18-7-5-17(6-8-18)35-23(20-11-4-16(27)12-21(20)28)13-22-24(33-35)25(36)34(32-22)14-15-2-9-19(10-3-15)38-26(29,30)31/h2-13H,14H2,1H3. The van der Waals surface area contributed by atoms with E-state index in [-0.39, 0.29) is 28.9 Å². The molecule has 38 heavy (non-hydrogen) atoms. The summed E-state index contributed by atoms with van der Waals surface area (Å²) in [6.07, 6.45) is 0. The van der Waals surface area contributed by atoms with Crippen LogP contribution in [0.4, 0.5) is 13.2 Å². The molecule has 0 saturated heterocycles. The molecule has 2 aliphatic rings. The van der Waals surface area contributed by atoms with Crippen LogP contribution in [0.5, 0.6) is 5.75 Å². The van der Waals surface area contributed by atoms with Crippen LogP contribution in [0.25, 0.3) is 28.3 Å². The molecule has 0 N–H and O–H groups in total. The zero-order valence-corrected chi connectivity index (χ0v) is 21.9. The summed E-state index contributed by atoms with van der Waals surface area (Å²) in [5, 5.41) is 9.91. The molecule has 12 heteroatoms. The molecular formula is C26H17Cl2F3N4O2S. The van der Waals surface area contributed by atoms with Crippen LogP contribution in [0.3, 0.4) is 0 Å². The third kappa shape index (κ3) is 5.52. The Hall–Kier alpha value is -3.47. The molecule has 0 bridgehead atoms. The Bertz CT molecular complexity index is 1630. The van der Waals surface area contributed by atoms with E-state index < -0.39 is 11.1 Å². The zero-order valence-electron chi connectivity index (χ0n) is 19.5. The Morgan fingerprint density at radius 3 is 2.29 bits per heavy atom. The zero-order chi connectivity index (χ0) is 27.0. The van der Waals surface area contributed by atoms with Gasteiger partial charge in [-0.1, -0.05) is 35.3 Å². The van der Waals surface area contributed by atoms with E-state index >= 15 is 0 Å². The maximum Gasteiger partial charge on any atom is 0.446 e. The van der Waals surface area contributed by atoms with Crippen molar-refractivity contribution in [1.82, 2.24) is 19.6 Å². The van der Waals surface area contributed by atoms with E-state index in [2.05, 4.69) is 10.2 Å². The first-order chi connectivity index (χ1) is 18.1. The van der Waals surface area contributed by atoms with Crippen molar-refractivity contribution in [2.75, 3.05) is 7.11 Å². The van der Waals surface area contributed by atoms with E-state index in [1.165, 1.54) is 28.9 Å². The fraction of sp³-hybridized carbons (Fsp3) is 0.115. The minimum atomic E-state index is -4.38. The van der Waals surface area contributed by atoms with Crippen molar-refractivity contribution in [3.05, 3.63) is 98.8 Å². The van der Waals surface area contributed by atoms with Crippen LogP contribution in [0.1, 0.15) is 5.56 Å². The minimum absolute atomic E-state index is 0.0564. The molecule has 0 amide bonds. The summed E-state index contributed by atoms with van der Waals surface area (Å²) in [6.45, 7) is 0.0612. The van der Waals surface area contributed by atoms with Crippen molar-refractivity contribution in [2.24, 2.45) is 0 Å². The van der Waals surface area contributed by atoms with Crippen LogP contribution < -0.4 is 10.3 Å². The Balaban J connectivity index is 1.59. The summed E-state index contributed by atoms with van der Waals surface area (Å²) >= 11 is 12.4. The molecule has 0 fully saturated rings. The predicted octanol–water partition coefficient (Wildman–Crippen LogP) is 7.18. The van der Waals surface area contributed by atoms with Crippen LogP contribution in [0, 0.1) is 0 Å². The monoisotopic (exact) mass is 576 g/mol. The summed E-state index contributed by atoms with van der Waals surface area (Å²) in [4.78, 5) is 13.3. The lowest BCUT2D eigenvalue weighted by atomic mass is 10.1. The number of fused-ring (bicyclic) bond motifs is 1. The molecule has 0 unspecified atom stereocenters. The van der Waals surface area contributed by atoms with Gasteiger partial charge in [-0.15, -0.1) is 0 Å². The number of aromatic nitrogens is 4. The number of methoxy groups -OCH3 is 1. The van der Waals surface area contributed by atoms with Gasteiger partial charge in [0.2, 0.25) is 0 Å². The highest BCUT2D eigenvalue weighted by atomic mass is 35.5. The van der Waals surface area contributed by atoms with E-state index in [0.29, 0.717) is 44.0 Å². The summed E-state index contributed by atoms with van der Waals surface area (Å²) in [6, 6.07) is 19.7. The van der Waals surface area contributed by atoms with Gasteiger partial charge in [0.15, 0.2) is 5.69 Å². The van der Waals surface area contributed by atoms with Crippen molar-refractivity contribution in [3.8, 4) is 34.1 Å². The summed E-state index contributed by atoms with van der Waals surface area (Å²) in [5.41, 5.74) is -1.89. The molecule has 2 aliphatic heterocycles. The van der Waals surface area contributed by atoms with Crippen LogP contribution in [0.2, 0.25) is 10.0 Å². The summed E-state index contributed by atoms with van der Waals surface area (Å²) in [7, 11) is 1.56. The average Bonchev–Trinajstić information content (AvgIpc) is 3.18. The quantitative estimate of drug-likeness (QED) is 0.200. The number of halogens is 5. The normalized spacial score (nSPS) is 11.7. The molecule has 0 radical (unpaired) electrons. The number of ether oxygens (including phenoxy) is 1. The molecule has 0 aromatic heterocycles. The highest BCUT2D eigenvalue weighted by Crippen LogP contribution is 2.37. The number of hydrogen-bond acceptors (Lipinski definition) is 5. The van der Waals surface area contributed by atoms with Crippen molar-refractivity contribution < 1.29 is 17.9 Å². The van der Waals surface area contributed by atoms with Crippen molar-refractivity contribution in [3.63, 3.8) is 0 Å². The average molecular weight is 577 g/mol. The highest BCUT2D eigenvalue weighted by Gasteiger charge is 2.29. The van der Waals surface area contributed by atoms with Crippen molar-refractivity contribution in [2.45, 2.75) is 16.9 Å². The second-order valence-electron chi connectivity index (χ2n) is 8.15. The van der Waals surface area contributed by atoms with Gasteiger partial charge in [-0.25, -0.2) is 9.36 Å². The van der Waals surface area contributed by atoms with E-state index in [1.807, 2.05) is 0 Å². The summed E-state index contributed by atoms with van der Waals surface area (Å²) < 4.78 is 46.0. The van der Waals surface area contributed by atoms with Gasteiger partial charge >= 0.3 is 5.51 Å². The molecule has 0 aliphatic carbocycles. The highest BCUT2D eigenvalue weighted by molar-refractivity contribution is 8.00. The molecule has 5 rings (SSSR count). The predicted molar refractivity (Wildman–Crippen MR) is 142 cm³/mol. The molecular weight excluding hydrogens is 560 g/mol. The number of thioether (sulfide) groups is 1. The Labute approximate surface area is 228 Å². The number of nitrogens with zero attached hydrogens (tertiary/aromatic N) is 4. The van der Waals surface area contributed by atoms with Gasteiger partial charge < -0.3 is 4.74 Å². The number of alkyl halides is 3. The summed E-state index contributed by atoms with van der Waals surface area (Å²) in [5.74, 6) is 0.651. The first-order valence-corrected chi connectivity index (χ1v) is 12.6. The lowest BCUT2D eigenvalue weighted by Gasteiger charge is -2.15. The molecule has 6 nitrogen and oxygen atoms in total. The van der Waals surface area contributed by atoms with Crippen molar-refractivity contribution >= 4 is 35.0 Å². The van der Waals surface area contributed by atoms with Crippen LogP contribution in [-0.2, 0) is 6.54 Å². The van der Waals surface area contributed by atoms with Gasteiger partial charge in [0.25, 0.3) is 5.56 Å². The fourth-order valence-corrected chi connectivity index (χ4v) is 4.92. The SMILES string of the molecule is COc1ccc(-n2nc3c(=O)n(Cc4ccc(SC(F)(F)F)cc4)nc-3cc2-c2ccc(Cl)cc2Cl)cc1.